The summed E-state index contributed by atoms with van der Waals surface area (Å²) in [6.45, 7) is 5.69. The van der Waals surface area contributed by atoms with Gasteiger partial charge in [0.2, 0.25) is 0 Å². The fourth-order valence-electron chi connectivity index (χ4n) is 1.55. The minimum absolute atomic E-state index is 0.0242. The first-order valence-corrected chi connectivity index (χ1v) is 7.90. The van der Waals surface area contributed by atoms with E-state index in [9.17, 15) is 9.36 Å². The second-order valence-electron chi connectivity index (χ2n) is 3.81. The standard InChI is InChI=1S/C12H19O7P/c1-5-16-20(14,17-6-2)8-10-7-11(18-9(10)3)19-12(13)15-4/h7H,5-6,8H2,1-4H3. The maximum Gasteiger partial charge on any atom is 0.516 e. The van der Waals surface area contributed by atoms with Gasteiger partial charge in [0.15, 0.2) is 0 Å². The van der Waals surface area contributed by atoms with Crippen molar-refractivity contribution in [2.24, 2.45) is 0 Å². The van der Waals surface area contributed by atoms with Crippen LogP contribution < -0.4 is 4.74 Å². The van der Waals surface area contributed by atoms with Gasteiger partial charge in [-0.3, -0.25) is 4.57 Å². The summed E-state index contributed by atoms with van der Waals surface area (Å²) >= 11 is 0. The minimum atomic E-state index is -3.23. The van der Waals surface area contributed by atoms with Crippen LogP contribution in [0.4, 0.5) is 4.79 Å². The Morgan fingerprint density at radius 1 is 1.30 bits per heavy atom. The number of hydrogen-bond donors (Lipinski definition) is 0. The van der Waals surface area contributed by atoms with Gasteiger partial charge in [0.05, 0.1) is 26.5 Å². The Kier molecular flexibility index (Phi) is 6.26. The van der Waals surface area contributed by atoms with Gasteiger partial charge in [-0.1, -0.05) is 0 Å². The summed E-state index contributed by atoms with van der Waals surface area (Å²) in [6.07, 6.45) is -0.836. The Hall–Kier alpha value is -1.30. The van der Waals surface area contributed by atoms with Crippen LogP contribution in [0.25, 0.3) is 0 Å². The topological polar surface area (TPSA) is 84.2 Å². The van der Waals surface area contributed by atoms with Crippen LogP contribution >= 0.6 is 7.60 Å². The number of hydrogen-bond acceptors (Lipinski definition) is 7. The van der Waals surface area contributed by atoms with Crippen molar-refractivity contribution in [1.29, 1.82) is 0 Å². The van der Waals surface area contributed by atoms with Gasteiger partial charge in [0, 0.05) is 11.6 Å². The zero-order valence-electron chi connectivity index (χ0n) is 12.0. The molecule has 114 valence electrons. The number of carbonyl (C=O) groups is 1. The zero-order chi connectivity index (χ0) is 15.2. The SMILES string of the molecule is CCOP(=O)(Cc1cc(OC(=O)OC)oc1C)OCC. The van der Waals surface area contributed by atoms with Crippen LogP contribution in [0.15, 0.2) is 10.5 Å². The van der Waals surface area contributed by atoms with Crippen molar-refractivity contribution >= 4 is 13.8 Å². The van der Waals surface area contributed by atoms with E-state index in [0.717, 1.165) is 0 Å². The number of carbonyl (C=O) groups excluding carboxylic acids is 1. The Labute approximate surface area is 117 Å². The van der Waals surface area contributed by atoms with Crippen LogP contribution in [0.5, 0.6) is 5.95 Å². The lowest BCUT2D eigenvalue weighted by atomic mass is 10.3. The van der Waals surface area contributed by atoms with Gasteiger partial charge in [-0.2, -0.15) is 0 Å². The van der Waals surface area contributed by atoms with Gasteiger partial charge < -0.3 is 22.9 Å². The molecule has 8 heteroatoms. The number of ether oxygens (including phenoxy) is 2. The molecule has 1 rings (SSSR count). The van der Waals surface area contributed by atoms with E-state index in [1.54, 1.807) is 20.8 Å². The Bertz CT molecular complexity index is 484. The molecule has 0 radical (unpaired) electrons. The number of rotatable bonds is 7. The molecule has 20 heavy (non-hydrogen) atoms. The normalized spacial score (nSPS) is 11.4. The molecule has 0 saturated carbocycles. The number of methoxy groups -OCH3 is 1. The molecule has 1 heterocycles. The van der Waals surface area contributed by atoms with Crippen molar-refractivity contribution in [2.45, 2.75) is 26.9 Å². The lowest BCUT2D eigenvalue weighted by Crippen LogP contribution is -2.06. The van der Waals surface area contributed by atoms with Crippen LogP contribution in [0, 0.1) is 6.92 Å². The van der Waals surface area contributed by atoms with E-state index >= 15 is 0 Å². The monoisotopic (exact) mass is 306 g/mol. The van der Waals surface area contributed by atoms with Gasteiger partial charge in [0.1, 0.15) is 5.76 Å². The molecule has 0 fully saturated rings. The van der Waals surface area contributed by atoms with Crippen molar-refractivity contribution in [2.75, 3.05) is 20.3 Å². The third-order valence-electron chi connectivity index (χ3n) is 2.36. The molecular formula is C12H19O7P. The van der Waals surface area contributed by atoms with Crippen molar-refractivity contribution in [1.82, 2.24) is 0 Å². The van der Waals surface area contributed by atoms with Gasteiger partial charge in [-0.25, -0.2) is 4.79 Å². The van der Waals surface area contributed by atoms with Crippen molar-refractivity contribution in [3.05, 3.63) is 17.4 Å². The molecule has 1 aromatic rings. The Balaban J connectivity index is 2.85. The number of furan rings is 1. The summed E-state index contributed by atoms with van der Waals surface area (Å²) in [4.78, 5) is 11.0. The summed E-state index contributed by atoms with van der Waals surface area (Å²) in [5.74, 6) is 0.451. The van der Waals surface area contributed by atoms with E-state index in [0.29, 0.717) is 11.3 Å². The molecule has 0 unspecified atom stereocenters. The molecule has 7 nitrogen and oxygen atoms in total. The maximum absolute atomic E-state index is 12.4. The van der Waals surface area contributed by atoms with Crippen LogP contribution in [0.1, 0.15) is 25.2 Å². The van der Waals surface area contributed by atoms with E-state index in [-0.39, 0.29) is 25.3 Å². The molecular weight excluding hydrogens is 287 g/mol. The fourth-order valence-corrected chi connectivity index (χ4v) is 3.33. The number of aryl methyl sites for hydroxylation is 1. The van der Waals surface area contributed by atoms with E-state index in [4.69, 9.17) is 18.2 Å². The molecule has 0 amide bonds. The Morgan fingerprint density at radius 2 is 1.90 bits per heavy atom. The second kappa shape index (κ2) is 7.47. The Morgan fingerprint density at radius 3 is 2.40 bits per heavy atom. The predicted molar refractivity (Wildman–Crippen MR) is 71.0 cm³/mol. The average molecular weight is 306 g/mol. The van der Waals surface area contributed by atoms with E-state index in [1.807, 2.05) is 0 Å². The highest BCUT2D eigenvalue weighted by atomic mass is 31.2. The van der Waals surface area contributed by atoms with Crippen molar-refractivity contribution in [3.63, 3.8) is 0 Å². The van der Waals surface area contributed by atoms with Crippen LogP contribution in [0.2, 0.25) is 0 Å². The summed E-state index contributed by atoms with van der Waals surface area (Å²) in [5.41, 5.74) is 0.592. The third kappa shape index (κ3) is 4.67. The molecule has 0 aliphatic carbocycles. The van der Waals surface area contributed by atoms with Crippen LogP contribution in [0.3, 0.4) is 0 Å². The van der Waals surface area contributed by atoms with Gasteiger partial charge in [-0.15, -0.1) is 0 Å². The smallest absolute Gasteiger partial charge is 0.437 e. The summed E-state index contributed by atoms with van der Waals surface area (Å²) < 4.78 is 37.2. The van der Waals surface area contributed by atoms with E-state index in [1.165, 1.54) is 13.2 Å². The quantitative estimate of drug-likeness (QED) is 0.563. The first-order valence-electron chi connectivity index (χ1n) is 6.17. The first-order chi connectivity index (χ1) is 9.44. The largest absolute Gasteiger partial charge is 0.516 e. The molecule has 0 spiro atoms. The van der Waals surface area contributed by atoms with Crippen molar-refractivity contribution in [3.8, 4) is 5.95 Å². The van der Waals surface area contributed by atoms with Gasteiger partial charge >= 0.3 is 13.8 Å². The van der Waals surface area contributed by atoms with Crippen LogP contribution in [-0.4, -0.2) is 26.5 Å². The van der Waals surface area contributed by atoms with Gasteiger partial charge in [0.25, 0.3) is 5.95 Å². The molecule has 0 bridgehead atoms. The first kappa shape index (κ1) is 16.8. The summed E-state index contributed by atoms with van der Waals surface area (Å²) in [7, 11) is -2.04. The minimum Gasteiger partial charge on any atom is -0.437 e. The fraction of sp³-hybridized carbons (Fsp3) is 0.583. The average Bonchev–Trinajstić information content (AvgIpc) is 2.69. The van der Waals surface area contributed by atoms with E-state index < -0.39 is 13.8 Å². The molecule has 0 aromatic carbocycles. The highest BCUT2D eigenvalue weighted by Gasteiger charge is 2.27. The molecule has 0 aliphatic heterocycles. The summed E-state index contributed by atoms with van der Waals surface area (Å²) in [5, 5.41) is 0. The highest BCUT2D eigenvalue weighted by molar-refractivity contribution is 7.53. The van der Waals surface area contributed by atoms with E-state index in [2.05, 4.69) is 4.74 Å². The molecule has 1 aromatic heterocycles. The second-order valence-corrected chi connectivity index (χ2v) is 5.86. The van der Waals surface area contributed by atoms with Gasteiger partial charge in [-0.05, 0) is 20.8 Å². The molecule has 0 aliphatic rings. The maximum atomic E-state index is 12.4. The molecule has 0 saturated heterocycles. The lowest BCUT2D eigenvalue weighted by Gasteiger charge is -2.16. The molecule has 0 atom stereocenters. The zero-order valence-corrected chi connectivity index (χ0v) is 12.9. The molecule has 0 N–H and O–H groups in total. The third-order valence-corrected chi connectivity index (χ3v) is 4.40. The predicted octanol–water partition coefficient (Wildman–Crippen LogP) is 3.50. The summed E-state index contributed by atoms with van der Waals surface area (Å²) in [6, 6.07) is 1.47. The van der Waals surface area contributed by atoms with Crippen LogP contribution in [-0.2, 0) is 24.5 Å². The lowest BCUT2D eigenvalue weighted by molar-refractivity contribution is 0.110. The van der Waals surface area contributed by atoms with Crippen molar-refractivity contribution < 1.29 is 32.3 Å². The highest BCUT2D eigenvalue weighted by Crippen LogP contribution is 2.52.